The van der Waals surface area contributed by atoms with E-state index in [9.17, 15) is 4.79 Å². The predicted molar refractivity (Wildman–Crippen MR) is 68.7 cm³/mol. The average Bonchev–Trinajstić information content (AvgIpc) is 2.29. The summed E-state index contributed by atoms with van der Waals surface area (Å²) in [6.45, 7) is 7.64. The third-order valence-electron chi connectivity index (χ3n) is 2.71. The van der Waals surface area contributed by atoms with Crippen LogP contribution >= 0.6 is 0 Å². The van der Waals surface area contributed by atoms with Gasteiger partial charge >= 0.3 is 5.97 Å². The minimum absolute atomic E-state index is 0.286. The van der Waals surface area contributed by atoms with Crippen LogP contribution in [0.4, 0.5) is 5.82 Å². The number of carboxylic acid groups (broad SMARTS) is 1. The van der Waals surface area contributed by atoms with E-state index in [4.69, 9.17) is 5.11 Å². The van der Waals surface area contributed by atoms with Crippen LogP contribution in [-0.2, 0) is 0 Å². The summed E-state index contributed by atoms with van der Waals surface area (Å²) in [5.41, 5.74) is 1.13. The molecule has 1 aromatic heterocycles. The third kappa shape index (κ3) is 3.44. The lowest BCUT2D eigenvalue weighted by Gasteiger charge is -2.23. The number of nitrogens with zero attached hydrogens (tertiary/aromatic N) is 2. The maximum absolute atomic E-state index is 11.2. The molecule has 1 heterocycles. The molecule has 0 saturated carbocycles. The van der Waals surface area contributed by atoms with Crippen molar-refractivity contribution in [2.24, 2.45) is 0 Å². The van der Waals surface area contributed by atoms with E-state index < -0.39 is 5.97 Å². The summed E-state index contributed by atoms with van der Waals surface area (Å²) in [4.78, 5) is 17.6. The first-order valence-corrected chi connectivity index (χ1v) is 6.06. The fourth-order valence-electron chi connectivity index (χ4n) is 1.71. The highest BCUT2D eigenvalue weighted by Crippen LogP contribution is 2.19. The summed E-state index contributed by atoms with van der Waals surface area (Å²) in [6, 6.07) is 3.37. The van der Waals surface area contributed by atoms with Crippen LogP contribution < -0.4 is 4.90 Å². The molecular formula is C13H20N2O2. The molecule has 4 heteroatoms. The number of hydrogen-bond donors (Lipinski definition) is 1. The number of carbonyl (C=O) groups is 1. The lowest BCUT2D eigenvalue weighted by Crippen LogP contribution is -2.27. The molecule has 0 unspecified atom stereocenters. The molecule has 0 aliphatic carbocycles. The van der Waals surface area contributed by atoms with E-state index >= 15 is 0 Å². The molecule has 94 valence electrons. The molecule has 0 radical (unpaired) electrons. The highest BCUT2D eigenvalue weighted by molar-refractivity contribution is 5.93. The van der Waals surface area contributed by atoms with Crippen molar-refractivity contribution < 1.29 is 9.90 Å². The van der Waals surface area contributed by atoms with Gasteiger partial charge in [0.2, 0.25) is 0 Å². The fraction of sp³-hybridized carbons (Fsp3) is 0.538. The molecular weight excluding hydrogens is 216 g/mol. The number of rotatable bonds is 6. The zero-order valence-corrected chi connectivity index (χ0v) is 10.7. The summed E-state index contributed by atoms with van der Waals surface area (Å²) in [7, 11) is 0. The maximum Gasteiger partial charge on any atom is 0.339 e. The van der Waals surface area contributed by atoms with Gasteiger partial charge in [0.05, 0.1) is 0 Å². The van der Waals surface area contributed by atoms with E-state index in [0.717, 1.165) is 31.6 Å². The van der Waals surface area contributed by atoms with E-state index in [-0.39, 0.29) is 5.56 Å². The van der Waals surface area contributed by atoms with Crippen LogP contribution in [0.5, 0.6) is 0 Å². The van der Waals surface area contributed by atoms with E-state index in [1.54, 1.807) is 12.1 Å². The van der Waals surface area contributed by atoms with Crippen molar-refractivity contribution >= 4 is 11.8 Å². The van der Waals surface area contributed by atoms with Crippen molar-refractivity contribution in [2.45, 2.75) is 33.6 Å². The Labute approximate surface area is 102 Å². The number of carboxylic acids is 1. The minimum Gasteiger partial charge on any atom is -0.478 e. The standard InChI is InChI=1S/C13H20N2O2/c1-4-6-9-15(5-2)12-11(13(16)17)8-7-10(3)14-12/h7-8H,4-6,9H2,1-3H3,(H,16,17). The van der Waals surface area contributed by atoms with Crippen molar-refractivity contribution in [3.8, 4) is 0 Å². The molecule has 1 aromatic rings. The van der Waals surface area contributed by atoms with Crippen LogP contribution in [0.25, 0.3) is 0 Å². The Morgan fingerprint density at radius 2 is 2.12 bits per heavy atom. The number of pyridine rings is 1. The van der Waals surface area contributed by atoms with Gasteiger partial charge in [0, 0.05) is 18.8 Å². The van der Waals surface area contributed by atoms with E-state index in [0.29, 0.717) is 5.82 Å². The summed E-state index contributed by atoms with van der Waals surface area (Å²) in [6.07, 6.45) is 2.13. The van der Waals surface area contributed by atoms with Gasteiger partial charge in [-0.2, -0.15) is 0 Å². The molecule has 1 N–H and O–H groups in total. The summed E-state index contributed by atoms with van der Waals surface area (Å²) in [5, 5.41) is 9.16. The lowest BCUT2D eigenvalue weighted by atomic mass is 10.2. The molecule has 0 atom stereocenters. The number of unbranched alkanes of at least 4 members (excludes halogenated alkanes) is 1. The Kier molecular flexibility index (Phi) is 4.94. The minimum atomic E-state index is -0.914. The van der Waals surface area contributed by atoms with Crippen LogP contribution in [0.15, 0.2) is 12.1 Å². The maximum atomic E-state index is 11.2. The first kappa shape index (κ1) is 13.5. The summed E-state index contributed by atoms with van der Waals surface area (Å²) < 4.78 is 0. The SMILES string of the molecule is CCCCN(CC)c1nc(C)ccc1C(=O)O. The van der Waals surface area contributed by atoms with Gasteiger partial charge in [-0.05, 0) is 32.4 Å². The molecule has 0 aliphatic rings. The van der Waals surface area contributed by atoms with E-state index in [1.165, 1.54) is 0 Å². The fourth-order valence-corrected chi connectivity index (χ4v) is 1.71. The van der Waals surface area contributed by atoms with Crippen molar-refractivity contribution in [2.75, 3.05) is 18.0 Å². The Morgan fingerprint density at radius 1 is 1.41 bits per heavy atom. The summed E-state index contributed by atoms with van der Waals surface area (Å²) in [5.74, 6) is -0.323. The van der Waals surface area contributed by atoms with Crippen LogP contribution in [0.2, 0.25) is 0 Å². The Balaban J connectivity index is 3.06. The highest BCUT2D eigenvalue weighted by Gasteiger charge is 2.16. The molecule has 0 aliphatic heterocycles. The smallest absolute Gasteiger partial charge is 0.339 e. The van der Waals surface area contributed by atoms with Gasteiger partial charge in [-0.15, -0.1) is 0 Å². The zero-order valence-electron chi connectivity index (χ0n) is 10.7. The van der Waals surface area contributed by atoms with Crippen molar-refractivity contribution in [3.05, 3.63) is 23.4 Å². The van der Waals surface area contributed by atoms with Crippen molar-refractivity contribution in [1.82, 2.24) is 4.98 Å². The van der Waals surface area contributed by atoms with Crippen LogP contribution in [0.3, 0.4) is 0 Å². The lowest BCUT2D eigenvalue weighted by molar-refractivity contribution is 0.0697. The van der Waals surface area contributed by atoms with Crippen LogP contribution in [-0.4, -0.2) is 29.1 Å². The van der Waals surface area contributed by atoms with Gasteiger partial charge in [0.15, 0.2) is 0 Å². The molecule has 0 amide bonds. The van der Waals surface area contributed by atoms with Gasteiger partial charge in [-0.3, -0.25) is 0 Å². The Hall–Kier alpha value is -1.58. The molecule has 0 spiro atoms. The predicted octanol–water partition coefficient (Wildman–Crippen LogP) is 2.71. The second-order valence-corrected chi connectivity index (χ2v) is 4.06. The molecule has 0 bridgehead atoms. The number of hydrogen-bond acceptors (Lipinski definition) is 3. The first-order valence-electron chi connectivity index (χ1n) is 6.06. The average molecular weight is 236 g/mol. The van der Waals surface area contributed by atoms with Crippen molar-refractivity contribution in [1.29, 1.82) is 0 Å². The van der Waals surface area contributed by atoms with Crippen LogP contribution in [0, 0.1) is 6.92 Å². The molecule has 17 heavy (non-hydrogen) atoms. The highest BCUT2D eigenvalue weighted by atomic mass is 16.4. The number of aromatic carboxylic acids is 1. The second-order valence-electron chi connectivity index (χ2n) is 4.06. The van der Waals surface area contributed by atoms with E-state index in [1.807, 2.05) is 18.7 Å². The van der Waals surface area contributed by atoms with Gasteiger partial charge < -0.3 is 10.0 Å². The number of anilines is 1. The Morgan fingerprint density at radius 3 is 2.65 bits per heavy atom. The number of aromatic nitrogens is 1. The first-order chi connectivity index (χ1) is 8.10. The topological polar surface area (TPSA) is 53.4 Å². The largest absolute Gasteiger partial charge is 0.478 e. The van der Waals surface area contributed by atoms with Gasteiger partial charge in [0.1, 0.15) is 11.4 Å². The summed E-state index contributed by atoms with van der Waals surface area (Å²) >= 11 is 0. The quantitative estimate of drug-likeness (QED) is 0.825. The second kappa shape index (κ2) is 6.23. The molecule has 0 fully saturated rings. The Bertz CT molecular complexity index is 391. The number of aryl methyl sites for hydroxylation is 1. The van der Waals surface area contributed by atoms with Gasteiger partial charge in [0.25, 0.3) is 0 Å². The van der Waals surface area contributed by atoms with E-state index in [2.05, 4.69) is 11.9 Å². The zero-order chi connectivity index (χ0) is 12.8. The monoisotopic (exact) mass is 236 g/mol. The van der Waals surface area contributed by atoms with Gasteiger partial charge in [-0.25, -0.2) is 9.78 Å². The third-order valence-corrected chi connectivity index (χ3v) is 2.71. The molecule has 0 saturated heterocycles. The normalized spacial score (nSPS) is 10.3. The van der Waals surface area contributed by atoms with Gasteiger partial charge in [-0.1, -0.05) is 13.3 Å². The van der Waals surface area contributed by atoms with Crippen LogP contribution in [0.1, 0.15) is 42.7 Å². The van der Waals surface area contributed by atoms with Crippen molar-refractivity contribution in [3.63, 3.8) is 0 Å². The molecule has 1 rings (SSSR count). The molecule has 4 nitrogen and oxygen atoms in total. The molecule has 0 aromatic carbocycles.